The highest BCUT2D eigenvalue weighted by molar-refractivity contribution is 5.91. The van der Waals surface area contributed by atoms with E-state index in [-0.39, 0.29) is 50.4 Å². The molecule has 2 aromatic carbocycles. The van der Waals surface area contributed by atoms with Gasteiger partial charge < -0.3 is 39.8 Å². The van der Waals surface area contributed by atoms with Crippen molar-refractivity contribution >= 4 is 29.2 Å². The van der Waals surface area contributed by atoms with E-state index in [0.29, 0.717) is 28.5 Å². The molecule has 0 aliphatic carbocycles. The first-order chi connectivity index (χ1) is 20.3. The SMILES string of the molecule is C[C@@H]1CN([C@@H](C)CO)C(=O)Cc2cc(NC(=O)CCC(F)(F)F)ccc2O[C@H]1CN(C)C(=O)Nc1ccc2c(c1)OCO2. The minimum atomic E-state index is -4.46. The Hall–Kier alpha value is -4.20. The van der Waals surface area contributed by atoms with Crippen molar-refractivity contribution < 1.29 is 46.9 Å². The normalized spacial score (nSPS) is 18.9. The number of carbonyl (C=O) groups is 3. The largest absolute Gasteiger partial charge is 0.488 e. The Morgan fingerprint density at radius 2 is 1.77 bits per heavy atom. The summed E-state index contributed by atoms with van der Waals surface area (Å²) in [4.78, 5) is 41.5. The van der Waals surface area contributed by atoms with Crippen molar-refractivity contribution in [3.05, 3.63) is 42.0 Å². The number of amides is 4. The van der Waals surface area contributed by atoms with Gasteiger partial charge in [-0.2, -0.15) is 13.2 Å². The molecule has 2 aliphatic heterocycles. The summed E-state index contributed by atoms with van der Waals surface area (Å²) in [5, 5.41) is 15.1. The average molecular weight is 609 g/mol. The van der Waals surface area contributed by atoms with Crippen molar-refractivity contribution in [1.29, 1.82) is 0 Å². The molecular formula is C29H35F3N4O7. The molecule has 3 N–H and O–H groups in total. The number of alkyl halides is 3. The van der Waals surface area contributed by atoms with Gasteiger partial charge >= 0.3 is 12.2 Å². The van der Waals surface area contributed by atoms with Gasteiger partial charge in [-0.05, 0) is 37.3 Å². The Kier molecular flexibility index (Phi) is 9.89. The summed E-state index contributed by atoms with van der Waals surface area (Å²) in [5.41, 5.74) is 1.13. The van der Waals surface area contributed by atoms with E-state index >= 15 is 0 Å². The second-order valence-corrected chi connectivity index (χ2v) is 10.8. The molecule has 14 heteroatoms. The fourth-order valence-electron chi connectivity index (χ4n) is 4.75. The molecule has 4 rings (SSSR count). The number of fused-ring (bicyclic) bond motifs is 2. The number of halogens is 3. The van der Waals surface area contributed by atoms with Gasteiger partial charge in [0.05, 0.1) is 32.0 Å². The van der Waals surface area contributed by atoms with Gasteiger partial charge in [-0.15, -0.1) is 0 Å². The maximum atomic E-state index is 13.3. The molecule has 0 saturated carbocycles. The number of rotatable bonds is 8. The molecule has 2 heterocycles. The minimum Gasteiger partial charge on any atom is -0.488 e. The highest BCUT2D eigenvalue weighted by Gasteiger charge is 2.32. The Labute approximate surface area is 246 Å². The van der Waals surface area contributed by atoms with Crippen molar-refractivity contribution in [1.82, 2.24) is 9.80 Å². The number of hydrogen-bond acceptors (Lipinski definition) is 7. The predicted octanol–water partition coefficient (Wildman–Crippen LogP) is 4.01. The number of likely N-dealkylation sites (N-methyl/N-ethyl adjacent to an activating group) is 1. The monoisotopic (exact) mass is 608 g/mol. The number of nitrogens with one attached hydrogen (secondary N) is 2. The topological polar surface area (TPSA) is 130 Å². The zero-order valence-electron chi connectivity index (χ0n) is 24.1. The smallest absolute Gasteiger partial charge is 0.389 e. The van der Waals surface area contributed by atoms with Gasteiger partial charge in [0.25, 0.3) is 0 Å². The van der Waals surface area contributed by atoms with Crippen molar-refractivity contribution in [2.45, 2.75) is 51.4 Å². The van der Waals surface area contributed by atoms with Gasteiger partial charge in [0, 0.05) is 48.9 Å². The quantitative estimate of drug-likeness (QED) is 0.413. The average Bonchev–Trinajstić information content (AvgIpc) is 3.43. The molecule has 0 bridgehead atoms. The maximum absolute atomic E-state index is 13.3. The van der Waals surface area contributed by atoms with Crippen LogP contribution in [-0.4, -0.2) is 84.6 Å². The molecular weight excluding hydrogens is 573 g/mol. The van der Waals surface area contributed by atoms with Crippen molar-refractivity contribution in [3.8, 4) is 17.2 Å². The summed E-state index contributed by atoms with van der Waals surface area (Å²) in [7, 11) is 1.60. The van der Waals surface area contributed by atoms with Crippen LogP contribution >= 0.6 is 0 Å². The molecule has 2 aliphatic rings. The number of hydrogen-bond donors (Lipinski definition) is 3. The van der Waals surface area contributed by atoms with Gasteiger partial charge in [0.15, 0.2) is 11.5 Å². The van der Waals surface area contributed by atoms with E-state index in [4.69, 9.17) is 14.2 Å². The second-order valence-electron chi connectivity index (χ2n) is 10.8. The van der Waals surface area contributed by atoms with Gasteiger partial charge in [-0.3, -0.25) is 9.59 Å². The van der Waals surface area contributed by atoms with Crippen LogP contribution in [0.2, 0.25) is 0 Å². The number of ether oxygens (including phenoxy) is 3. The summed E-state index contributed by atoms with van der Waals surface area (Å²) >= 11 is 0. The second kappa shape index (κ2) is 13.4. The fraction of sp³-hybridized carbons (Fsp3) is 0.483. The maximum Gasteiger partial charge on any atom is 0.389 e. The van der Waals surface area contributed by atoms with Gasteiger partial charge in [-0.1, -0.05) is 6.92 Å². The lowest BCUT2D eigenvalue weighted by Crippen LogP contribution is -2.48. The molecule has 2 aromatic rings. The number of aliphatic hydroxyl groups is 1. The summed E-state index contributed by atoms with van der Waals surface area (Å²) in [5.74, 6) is 0.0353. The van der Waals surface area contributed by atoms with E-state index < -0.39 is 43.1 Å². The molecule has 0 spiro atoms. The number of nitrogens with zero attached hydrogens (tertiary/aromatic N) is 2. The first-order valence-corrected chi connectivity index (χ1v) is 13.8. The summed E-state index contributed by atoms with van der Waals surface area (Å²) < 4.78 is 54.7. The first kappa shape index (κ1) is 31.7. The van der Waals surface area contributed by atoms with Crippen molar-refractivity contribution in [2.24, 2.45) is 5.92 Å². The van der Waals surface area contributed by atoms with E-state index in [1.807, 2.05) is 6.92 Å². The van der Waals surface area contributed by atoms with Gasteiger partial charge in [0.1, 0.15) is 11.9 Å². The highest BCUT2D eigenvalue weighted by Crippen LogP contribution is 2.34. The van der Waals surface area contributed by atoms with Crippen molar-refractivity contribution in [3.63, 3.8) is 0 Å². The summed E-state index contributed by atoms with van der Waals surface area (Å²) in [6, 6.07) is 8.63. The number of urea groups is 1. The Morgan fingerprint density at radius 3 is 2.47 bits per heavy atom. The third-order valence-electron chi connectivity index (χ3n) is 7.26. The standard InChI is InChI=1S/C29H35F3N4O7/c1-17-13-36(18(2)15-37)27(39)11-19-10-20(33-26(38)8-9-29(30,31)32)4-6-22(19)43-25(17)14-35(3)28(40)34-21-5-7-23-24(12-21)42-16-41-23/h4-7,10,12,17-18,25,37H,8-9,11,13-16H2,1-3H3,(H,33,38)(H,34,40)/t17-,18+,25+/m1/s1. The molecule has 0 aromatic heterocycles. The van der Waals surface area contributed by atoms with Crippen LogP contribution in [0.4, 0.5) is 29.3 Å². The predicted molar refractivity (Wildman–Crippen MR) is 150 cm³/mol. The highest BCUT2D eigenvalue weighted by atomic mass is 19.4. The molecule has 11 nitrogen and oxygen atoms in total. The number of anilines is 2. The fourth-order valence-corrected chi connectivity index (χ4v) is 4.75. The minimum absolute atomic E-state index is 0.103. The lowest BCUT2D eigenvalue weighted by Gasteiger charge is -2.34. The zero-order valence-corrected chi connectivity index (χ0v) is 24.1. The van der Waals surface area contributed by atoms with Crippen LogP contribution in [0.15, 0.2) is 36.4 Å². The van der Waals surface area contributed by atoms with E-state index in [0.717, 1.165) is 0 Å². The van der Waals surface area contributed by atoms with Gasteiger partial charge in [-0.25, -0.2) is 4.79 Å². The lowest BCUT2D eigenvalue weighted by atomic mass is 10.0. The van der Waals surface area contributed by atoms with Crippen LogP contribution in [0.5, 0.6) is 17.2 Å². The van der Waals surface area contributed by atoms with Crippen LogP contribution in [-0.2, 0) is 16.0 Å². The molecule has 0 fully saturated rings. The van der Waals surface area contributed by atoms with Gasteiger partial charge in [0.2, 0.25) is 18.6 Å². The van der Waals surface area contributed by atoms with Crippen LogP contribution in [0.1, 0.15) is 32.3 Å². The molecule has 234 valence electrons. The molecule has 43 heavy (non-hydrogen) atoms. The number of benzene rings is 2. The van der Waals surface area contributed by atoms with Crippen LogP contribution in [0, 0.1) is 5.92 Å². The van der Waals surface area contributed by atoms with Crippen molar-refractivity contribution in [2.75, 3.05) is 44.2 Å². The van der Waals surface area contributed by atoms with Crippen LogP contribution < -0.4 is 24.8 Å². The number of carbonyl (C=O) groups excluding carboxylic acids is 3. The van der Waals surface area contributed by atoms with E-state index in [1.54, 1.807) is 38.2 Å². The summed E-state index contributed by atoms with van der Waals surface area (Å²) in [6.07, 6.45) is -7.19. The molecule has 0 unspecified atom stereocenters. The molecule has 4 amide bonds. The first-order valence-electron chi connectivity index (χ1n) is 13.8. The Balaban J connectivity index is 1.53. The Bertz CT molecular complexity index is 1340. The van der Waals surface area contributed by atoms with E-state index in [1.165, 1.54) is 21.9 Å². The third kappa shape index (κ3) is 8.43. The van der Waals surface area contributed by atoms with E-state index in [9.17, 15) is 32.7 Å². The molecule has 0 radical (unpaired) electrons. The molecule has 0 saturated heterocycles. The molecule has 3 atom stereocenters. The van der Waals surface area contributed by atoms with E-state index in [2.05, 4.69) is 10.6 Å². The van der Waals surface area contributed by atoms with Crippen LogP contribution in [0.3, 0.4) is 0 Å². The Morgan fingerprint density at radius 1 is 1.09 bits per heavy atom. The lowest BCUT2D eigenvalue weighted by molar-refractivity contribution is -0.142. The third-order valence-corrected chi connectivity index (χ3v) is 7.26. The summed E-state index contributed by atoms with van der Waals surface area (Å²) in [6.45, 7) is 3.77. The number of aliphatic hydroxyl groups excluding tert-OH is 1. The zero-order chi connectivity index (χ0) is 31.3. The van der Waals surface area contributed by atoms with Crippen LogP contribution in [0.25, 0.3) is 0 Å².